The van der Waals surface area contributed by atoms with E-state index < -0.39 is 0 Å². The number of nitrogens with one attached hydrogen (secondary N) is 1. The van der Waals surface area contributed by atoms with E-state index in [1.54, 1.807) is 26.4 Å². The van der Waals surface area contributed by atoms with Crippen molar-refractivity contribution in [3.63, 3.8) is 0 Å². The SMILES string of the molecule is COc1ccc(-c2noc([C@@H]3C[C@@H](O)CN3)n2)cc1OC. The second kappa shape index (κ2) is 5.71. The molecule has 1 saturated heterocycles. The Morgan fingerprint density at radius 1 is 1.29 bits per heavy atom. The summed E-state index contributed by atoms with van der Waals surface area (Å²) in [5.74, 6) is 2.21. The number of ether oxygens (including phenoxy) is 2. The van der Waals surface area contributed by atoms with Gasteiger partial charge >= 0.3 is 0 Å². The molecule has 2 aromatic rings. The molecule has 1 aromatic carbocycles. The van der Waals surface area contributed by atoms with Crippen molar-refractivity contribution in [1.29, 1.82) is 0 Å². The van der Waals surface area contributed by atoms with Gasteiger partial charge in [-0.2, -0.15) is 4.98 Å². The number of rotatable bonds is 4. The van der Waals surface area contributed by atoms with Crippen LogP contribution >= 0.6 is 0 Å². The lowest BCUT2D eigenvalue weighted by molar-refractivity contribution is 0.191. The maximum Gasteiger partial charge on any atom is 0.244 e. The van der Waals surface area contributed by atoms with Gasteiger partial charge in [0.2, 0.25) is 11.7 Å². The van der Waals surface area contributed by atoms with Crippen LogP contribution in [0.1, 0.15) is 18.4 Å². The molecule has 2 atom stereocenters. The maximum absolute atomic E-state index is 9.53. The molecule has 3 rings (SSSR count). The number of methoxy groups -OCH3 is 2. The van der Waals surface area contributed by atoms with Gasteiger partial charge in [0.05, 0.1) is 26.4 Å². The third-order valence-electron chi connectivity index (χ3n) is 3.49. The van der Waals surface area contributed by atoms with E-state index in [0.29, 0.717) is 36.2 Å². The Balaban J connectivity index is 1.86. The van der Waals surface area contributed by atoms with Gasteiger partial charge in [-0.1, -0.05) is 5.16 Å². The first-order valence-corrected chi connectivity index (χ1v) is 6.68. The van der Waals surface area contributed by atoms with Crippen LogP contribution in [0.3, 0.4) is 0 Å². The zero-order valence-electron chi connectivity index (χ0n) is 11.9. The van der Waals surface area contributed by atoms with Gasteiger partial charge in [0, 0.05) is 12.1 Å². The largest absolute Gasteiger partial charge is 0.493 e. The zero-order chi connectivity index (χ0) is 14.8. The first-order valence-electron chi connectivity index (χ1n) is 6.68. The van der Waals surface area contributed by atoms with Gasteiger partial charge in [-0.3, -0.25) is 0 Å². The molecule has 1 fully saturated rings. The Morgan fingerprint density at radius 3 is 2.76 bits per heavy atom. The van der Waals surface area contributed by atoms with Crippen LogP contribution < -0.4 is 14.8 Å². The number of aliphatic hydroxyl groups excluding tert-OH is 1. The normalized spacial score (nSPS) is 21.5. The van der Waals surface area contributed by atoms with Crippen molar-refractivity contribution in [2.24, 2.45) is 0 Å². The molecule has 7 heteroatoms. The highest BCUT2D eigenvalue weighted by Gasteiger charge is 2.28. The summed E-state index contributed by atoms with van der Waals surface area (Å²) in [6, 6.07) is 5.33. The minimum Gasteiger partial charge on any atom is -0.493 e. The van der Waals surface area contributed by atoms with Crippen molar-refractivity contribution in [2.75, 3.05) is 20.8 Å². The van der Waals surface area contributed by atoms with E-state index >= 15 is 0 Å². The molecule has 1 aromatic heterocycles. The number of hydrogen-bond donors (Lipinski definition) is 2. The Labute approximate surface area is 121 Å². The summed E-state index contributed by atoms with van der Waals surface area (Å²) in [7, 11) is 3.16. The number of hydrogen-bond acceptors (Lipinski definition) is 7. The van der Waals surface area contributed by atoms with Crippen LogP contribution in [0.4, 0.5) is 0 Å². The van der Waals surface area contributed by atoms with Crippen molar-refractivity contribution >= 4 is 0 Å². The molecular formula is C14H17N3O4. The van der Waals surface area contributed by atoms with Crippen LogP contribution in [0.25, 0.3) is 11.4 Å². The van der Waals surface area contributed by atoms with Gasteiger partial charge in [0.15, 0.2) is 11.5 Å². The standard InChI is InChI=1S/C14H17N3O4/c1-19-11-4-3-8(5-12(11)20-2)13-16-14(21-17-13)10-6-9(18)7-15-10/h3-5,9-10,15,18H,6-7H2,1-2H3/t9-,10+/m1/s1. The average Bonchev–Trinajstić information content (AvgIpc) is 3.15. The highest BCUT2D eigenvalue weighted by Crippen LogP contribution is 2.32. The Bertz CT molecular complexity index is 628. The summed E-state index contributed by atoms with van der Waals surface area (Å²) < 4.78 is 15.7. The molecule has 0 amide bonds. The van der Waals surface area contributed by atoms with Gasteiger partial charge < -0.3 is 24.4 Å². The van der Waals surface area contributed by atoms with Crippen molar-refractivity contribution in [2.45, 2.75) is 18.6 Å². The van der Waals surface area contributed by atoms with Crippen molar-refractivity contribution < 1.29 is 19.1 Å². The van der Waals surface area contributed by atoms with E-state index in [0.717, 1.165) is 5.56 Å². The summed E-state index contributed by atoms with van der Waals surface area (Å²) >= 11 is 0. The summed E-state index contributed by atoms with van der Waals surface area (Å²) in [6.45, 7) is 0.540. The van der Waals surface area contributed by atoms with Crippen LogP contribution in [0.2, 0.25) is 0 Å². The van der Waals surface area contributed by atoms with Crippen molar-refractivity contribution in [3.8, 4) is 22.9 Å². The molecule has 0 aliphatic carbocycles. The van der Waals surface area contributed by atoms with Gasteiger partial charge in [0.25, 0.3) is 0 Å². The Morgan fingerprint density at radius 2 is 2.10 bits per heavy atom. The minimum atomic E-state index is -0.369. The smallest absolute Gasteiger partial charge is 0.244 e. The fourth-order valence-electron chi connectivity index (χ4n) is 2.37. The fourth-order valence-corrected chi connectivity index (χ4v) is 2.37. The molecule has 2 N–H and O–H groups in total. The number of aromatic nitrogens is 2. The summed E-state index contributed by atoms with van der Waals surface area (Å²) in [5, 5.41) is 16.6. The van der Waals surface area contributed by atoms with Crippen LogP contribution in [-0.2, 0) is 0 Å². The van der Waals surface area contributed by atoms with Crippen LogP contribution in [0.15, 0.2) is 22.7 Å². The second-order valence-corrected chi connectivity index (χ2v) is 4.88. The molecule has 21 heavy (non-hydrogen) atoms. The van der Waals surface area contributed by atoms with E-state index in [2.05, 4.69) is 15.5 Å². The zero-order valence-corrected chi connectivity index (χ0v) is 11.9. The number of nitrogens with zero attached hydrogens (tertiary/aromatic N) is 2. The van der Waals surface area contributed by atoms with Gasteiger partial charge in [-0.05, 0) is 24.6 Å². The lowest BCUT2D eigenvalue weighted by atomic mass is 10.2. The molecule has 7 nitrogen and oxygen atoms in total. The summed E-state index contributed by atoms with van der Waals surface area (Å²) in [5.41, 5.74) is 0.779. The molecule has 0 saturated carbocycles. The molecule has 2 heterocycles. The van der Waals surface area contributed by atoms with E-state index in [1.165, 1.54) is 0 Å². The molecule has 0 unspecified atom stereocenters. The van der Waals surface area contributed by atoms with E-state index in [4.69, 9.17) is 14.0 Å². The molecule has 1 aliphatic rings. The van der Waals surface area contributed by atoms with Crippen LogP contribution in [0.5, 0.6) is 11.5 Å². The van der Waals surface area contributed by atoms with E-state index in [9.17, 15) is 5.11 Å². The second-order valence-electron chi connectivity index (χ2n) is 4.88. The first-order chi connectivity index (χ1) is 10.2. The Kier molecular flexibility index (Phi) is 3.76. The van der Waals surface area contributed by atoms with E-state index in [1.807, 2.05) is 6.07 Å². The molecule has 0 spiro atoms. The van der Waals surface area contributed by atoms with Crippen LogP contribution in [0, 0.1) is 0 Å². The van der Waals surface area contributed by atoms with Gasteiger partial charge in [-0.25, -0.2) is 0 Å². The average molecular weight is 291 g/mol. The fraction of sp³-hybridized carbons (Fsp3) is 0.429. The number of β-amino-alcohol motifs (C(OH)–C–C–N with tert-alkyl or cyclic N) is 1. The lowest BCUT2D eigenvalue weighted by Crippen LogP contribution is -2.15. The molecule has 0 bridgehead atoms. The predicted octanol–water partition coefficient (Wildman–Crippen LogP) is 1.15. The quantitative estimate of drug-likeness (QED) is 0.873. The number of benzene rings is 1. The molecule has 0 radical (unpaired) electrons. The third kappa shape index (κ3) is 2.70. The lowest BCUT2D eigenvalue weighted by Gasteiger charge is -2.07. The molecule has 112 valence electrons. The third-order valence-corrected chi connectivity index (χ3v) is 3.49. The topological polar surface area (TPSA) is 89.6 Å². The predicted molar refractivity (Wildman–Crippen MR) is 74.2 cm³/mol. The van der Waals surface area contributed by atoms with Gasteiger partial charge in [0.1, 0.15) is 0 Å². The van der Waals surface area contributed by atoms with E-state index in [-0.39, 0.29) is 12.1 Å². The van der Waals surface area contributed by atoms with Crippen molar-refractivity contribution in [1.82, 2.24) is 15.5 Å². The summed E-state index contributed by atoms with van der Waals surface area (Å²) in [6.07, 6.45) is 0.208. The highest BCUT2D eigenvalue weighted by molar-refractivity contribution is 5.60. The monoisotopic (exact) mass is 291 g/mol. The molecular weight excluding hydrogens is 274 g/mol. The Hall–Kier alpha value is -2.12. The number of aliphatic hydroxyl groups is 1. The summed E-state index contributed by atoms with van der Waals surface area (Å²) in [4.78, 5) is 4.38. The highest BCUT2D eigenvalue weighted by atomic mass is 16.5. The van der Waals surface area contributed by atoms with Crippen molar-refractivity contribution in [3.05, 3.63) is 24.1 Å². The van der Waals surface area contributed by atoms with Crippen LogP contribution in [-0.4, -0.2) is 42.1 Å². The molecule has 1 aliphatic heterocycles. The minimum absolute atomic E-state index is 0.0959. The maximum atomic E-state index is 9.53. The first kappa shape index (κ1) is 13.8. The van der Waals surface area contributed by atoms with Gasteiger partial charge in [-0.15, -0.1) is 0 Å².